The van der Waals surface area contributed by atoms with Crippen LogP contribution in [0.15, 0.2) is 0 Å². The summed E-state index contributed by atoms with van der Waals surface area (Å²) >= 11 is 3.53. The smallest absolute Gasteiger partial charge is 0.0674 e. The van der Waals surface area contributed by atoms with Crippen LogP contribution >= 0.6 is 15.9 Å². The van der Waals surface area contributed by atoms with Gasteiger partial charge in [-0.3, -0.25) is 0 Å². The van der Waals surface area contributed by atoms with E-state index < -0.39 is 0 Å². The van der Waals surface area contributed by atoms with Gasteiger partial charge in [-0.05, 0) is 25.2 Å². The number of hydrogen-bond acceptors (Lipinski definition) is 1. The van der Waals surface area contributed by atoms with E-state index in [-0.39, 0.29) is 0 Å². The van der Waals surface area contributed by atoms with E-state index in [4.69, 9.17) is 4.74 Å². The van der Waals surface area contributed by atoms with Crippen molar-refractivity contribution in [3.8, 4) is 0 Å². The van der Waals surface area contributed by atoms with Crippen LogP contribution in [0, 0.1) is 11.8 Å². The van der Waals surface area contributed by atoms with Crippen LogP contribution in [0.2, 0.25) is 0 Å². The third-order valence-corrected chi connectivity index (χ3v) is 4.03. The molecule has 14 heavy (non-hydrogen) atoms. The van der Waals surface area contributed by atoms with Crippen molar-refractivity contribution in [1.82, 2.24) is 0 Å². The number of rotatable bonds is 5. The largest absolute Gasteiger partial charge is 0.378 e. The van der Waals surface area contributed by atoms with Gasteiger partial charge in [-0.15, -0.1) is 0 Å². The molecular weight excluding hydrogens is 240 g/mol. The van der Waals surface area contributed by atoms with Crippen molar-refractivity contribution in [3.05, 3.63) is 0 Å². The topological polar surface area (TPSA) is 9.23 Å². The minimum Gasteiger partial charge on any atom is -0.378 e. The SMILES string of the molecule is CCOC(CBr)CC1CCC(C)CC1. The number of hydrogen-bond donors (Lipinski definition) is 0. The van der Waals surface area contributed by atoms with Gasteiger partial charge in [0.05, 0.1) is 6.10 Å². The minimum absolute atomic E-state index is 0.443. The molecule has 1 unspecified atom stereocenters. The van der Waals surface area contributed by atoms with E-state index in [9.17, 15) is 0 Å². The lowest BCUT2D eigenvalue weighted by molar-refractivity contribution is 0.0547. The highest BCUT2D eigenvalue weighted by Crippen LogP contribution is 2.31. The van der Waals surface area contributed by atoms with E-state index in [2.05, 4.69) is 29.8 Å². The summed E-state index contributed by atoms with van der Waals surface area (Å²) in [5.41, 5.74) is 0. The fraction of sp³-hybridized carbons (Fsp3) is 1.00. The van der Waals surface area contributed by atoms with Crippen molar-refractivity contribution in [1.29, 1.82) is 0 Å². The maximum atomic E-state index is 5.67. The van der Waals surface area contributed by atoms with Crippen LogP contribution in [0.4, 0.5) is 0 Å². The number of halogens is 1. The molecule has 1 fully saturated rings. The molecule has 0 saturated heterocycles. The predicted molar refractivity (Wildman–Crippen MR) is 64.9 cm³/mol. The molecule has 1 atom stereocenters. The van der Waals surface area contributed by atoms with Crippen LogP contribution in [0.25, 0.3) is 0 Å². The van der Waals surface area contributed by atoms with Crippen molar-refractivity contribution in [3.63, 3.8) is 0 Å². The maximum Gasteiger partial charge on any atom is 0.0674 e. The molecule has 0 heterocycles. The van der Waals surface area contributed by atoms with Crippen molar-refractivity contribution in [2.24, 2.45) is 11.8 Å². The molecule has 0 radical (unpaired) electrons. The molecule has 2 heteroatoms. The van der Waals surface area contributed by atoms with E-state index in [0.717, 1.165) is 23.8 Å². The molecule has 84 valence electrons. The van der Waals surface area contributed by atoms with Crippen molar-refractivity contribution < 1.29 is 4.74 Å². The summed E-state index contributed by atoms with van der Waals surface area (Å²) < 4.78 is 5.67. The lowest BCUT2D eigenvalue weighted by Crippen LogP contribution is -2.22. The molecular formula is C12H23BrO. The highest BCUT2D eigenvalue weighted by molar-refractivity contribution is 9.09. The Morgan fingerprint density at radius 1 is 1.29 bits per heavy atom. The van der Waals surface area contributed by atoms with Crippen LogP contribution in [0.1, 0.15) is 46.0 Å². The Morgan fingerprint density at radius 2 is 1.93 bits per heavy atom. The van der Waals surface area contributed by atoms with E-state index in [1.807, 2.05) is 0 Å². The molecule has 0 aromatic carbocycles. The second-order valence-corrected chi connectivity index (χ2v) is 5.24. The summed E-state index contributed by atoms with van der Waals surface area (Å²) in [4.78, 5) is 0. The summed E-state index contributed by atoms with van der Waals surface area (Å²) in [6, 6.07) is 0. The van der Waals surface area contributed by atoms with Gasteiger partial charge in [0.25, 0.3) is 0 Å². The molecule has 0 aromatic heterocycles. The zero-order valence-electron chi connectivity index (χ0n) is 9.47. The number of alkyl halides is 1. The van der Waals surface area contributed by atoms with Gasteiger partial charge in [0.1, 0.15) is 0 Å². The fourth-order valence-corrected chi connectivity index (χ4v) is 2.80. The predicted octanol–water partition coefficient (Wildman–Crippen LogP) is 4.00. The molecule has 1 saturated carbocycles. The van der Waals surface area contributed by atoms with E-state index in [0.29, 0.717) is 6.10 Å². The Labute approximate surface area is 96.7 Å². The average Bonchev–Trinajstić information content (AvgIpc) is 2.20. The molecule has 0 aliphatic heterocycles. The molecule has 1 rings (SSSR count). The van der Waals surface area contributed by atoms with Crippen LogP contribution < -0.4 is 0 Å². The van der Waals surface area contributed by atoms with Crippen LogP contribution in [-0.4, -0.2) is 18.0 Å². The van der Waals surface area contributed by atoms with Gasteiger partial charge in [-0.2, -0.15) is 0 Å². The first-order valence-electron chi connectivity index (χ1n) is 5.93. The molecule has 0 amide bonds. The summed E-state index contributed by atoms with van der Waals surface area (Å²) in [6.07, 6.45) is 7.37. The lowest BCUT2D eigenvalue weighted by Gasteiger charge is -2.28. The quantitative estimate of drug-likeness (QED) is 0.681. The number of ether oxygens (including phenoxy) is 1. The van der Waals surface area contributed by atoms with Crippen LogP contribution in [0.5, 0.6) is 0 Å². The molecule has 0 bridgehead atoms. The summed E-state index contributed by atoms with van der Waals surface area (Å²) in [5, 5.41) is 0.993. The molecule has 0 N–H and O–H groups in total. The second-order valence-electron chi connectivity index (χ2n) is 4.59. The zero-order valence-corrected chi connectivity index (χ0v) is 11.1. The van der Waals surface area contributed by atoms with Gasteiger partial charge < -0.3 is 4.74 Å². The van der Waals surface area contributed by atoms with Crippen LogP contribution in [-0.2, 0) is 4.74 Å². The minimum atomic E-state index is 0.443. The monoisotopic (exact) mass is 262 g/mol. The average molecular weight is 263 g/mol. The first-order chi connectivity index (χ1) is 6.76. The van der Waals surface area contributed by atoms with Crippen molar-refractivity contribution in [2.45, 2.75) is 52.1 Å². The second kappa shape index (κ2) is 6.84. The normalized spacial score (nSPS) is 30.2. The van der Waals surface area contributed by atoms with Gasteiger partial charge in [0.2, 0.25) is 0 Å². The highest BCUT2D eigenvalue weighted by Gasteiger charge is 2.21. The first kappa shape index (κ1) is 12.5. The van der Waals surface area contributed by atoms with E-state index in [1.54, 1.807) is 0 Å². The zero-order chi connectivity index (χ0) is 10.4. The van der Waals surface area contributed by atoms with Gasteiger partial charge >= 0.3 is 0 Å². The Bertz CT molecular complexity index is 141. The Morgan fingerprint density at radius 3 is 2.43 bits per heavy atom. The van der Waals surface area contributed by atoms with Crippen molar-refractivity contribution >= 4 is 15.9 Å². The Balaban J connectivity index is 2.21. The van der Waals surface area contributed by atoms with Crippen LogP contribution in [0.3, 0.4) is 0 Å². The highest BCUT2D eigenvalue weighted by atomic mass is 79.9. The Hall–Kier alpha value is 0.440. The molecule has 0 aromatic rings. The van der Waals surface area contributed by atoms with Gasteiger partial charge in [-0.25, -0.2) is 0 Å². The summed E-state index contributed by atoms with van der Waals surface area (Å²) in [5.74, 6) is 1.88. The van der Waals surface area contributed by atoms with Gasteiger partial charge in [0, 0.05) is 11.9 Å². The summed E-state index contributed by atoms with van der Waals surface area (Å²) in [6.45, 7) is 5.30. The van der Waals surface area contributed by atoms with E-state index in [1.165, 1.54) is 32.1 Å². The Kier molecular flexibility index (Phi) is 6.11. The molecule has 0 spiro atoms. The first-order valence-corrected chi connectivity index (χ1v) is 7.06. The van der Waals surface area contributed by atoms with Crippen molar-refractivity contribution in [2.75, 3.05) is 11.9 Å². The van der Waals surface area contributed by atoms with Gasteiger partial charge in [-0.1, -0.05) is 48.5 Å². The lowest BCUT2D eigenvalue weighted by atomic mass is 9.80. The third kappa shape index (κ3) is 4.31. The molecule has 1 aliphatic carbocycles. The van der Waals surface area contributed by atoms with E-state index >= 15 is 0 Å². The fourth-order valence-electron chi connectivity index (χ4n) is 2.35. The molecule has 1 aliphatic rings. The summed E-state index contributed by atoms with van der Waals surface area (Å²) in [7, 11) is 0. The maximum absolute atomic E-state index is 5.67. The third-order valence-electron chi connectivity index (χ3n) is 3.31. The molecule has 1 nitrogen and oxygen atoms in total. The van der Waals surface area contributed by atoms with Gasteiger partial charge in [0.15, 0.2) is 0 Å². The standard InChI is InChI=1S/C12H23BrO/c1-3-14-12(9-13)8-11-6-4-10(2)5-7-11/h10-12H,3-9H2,1-2H3.